The number of fused-ring (bicyclic) bond motifs is 1. The lowest BCUT2D eigenvalue weighted by Gasteiger charge is -2.18. The molecule has 0 radical (unpaired) electrons. The Balaban J connectivity index is 1.60. The summed E-state index contributed by atoms with van der Waals surface area (Å²) in [6, 6.07) is 16.8. The van der Waals surface area contributed by atoms with Gasteiger partial charge in [-0.1, -0.05) is 56.3 Å². The Morgan fingerprint density at radius 2 is 1.67 bits per heavy atom. The van der Waals surface area contributed by atoms with Gasteiger partial charge in [-0.2, -0.15) is 0 Å². The number of carbonyl (C=O) groups excluding carboxylic acids is 1. The zero-order valence-corrected chi connectivity index (χ0v) is 16.8. The normalized spacial score (nSPS) is 13.7. The fraction of sp³-hybridized carbons (Fsp3) is 0.375. The first-order valence-corrected chi connectivity index (χ1v) is 9.88. The van der Waals surface area contributed by atoms with Gasteiger partial charge in [0, 0.05) is 23.1 Å². The van der Waals surface area contributed by atoms with Gasteiger partial charge in [-0.05, 0) is 55.4 Å². The van der Waals surface area contributed by atoms with Crippen LogP contribution in [0.5, 0.6) is 0 Å². The Hall–Kier alpha value is -2.55. The van der Waals surface area contributed by atoms with E-state index in [9.17, 15) is 4.79 Å². The van der Waals surface area contributed by atoms with Crippen molar-refractivity contribution in [1.82, 2.24) is 10.3 Å². The third-order valence-electron chi connectivity index (χ3n) is 5.11. The van der Waals surface area contributed by atoms with Gasteiger partial charge in [-0.3, -0.25) is 4.79 Å². The number of hydrogen-bond donors (Lipinski definition) is 2. The highest BCUT2D eigenvalue weighted by Gasteiger charge is 2.18. The molecule has 0 bridgehead atoms. The van der Waals surface area contributed by atoms with Crippen LogP contribution in [0, 0.1) is 5.92 Å². The van der Waals surface area contributed by atoms with E-state index in [1.165, 1.54) is 16.5 Å². The number of benzene rings is 2. The van der Waals surface area contributed by atoms with Crippen LogP contribution in [0.1, 0.15) is 50.3 Å². The maximum atomic E-state index is 12.7. The summed E-state index contributed by atoms with van der Waals surface area (Å²) in [5.41, 5.74) is 4.78. The van der Waals surface area contributed by atoms with Crippen LogP contribution in [0.15, 0.2) is 54.7 Å². The van der Waals surface area contributed by atoms with Crippen LogP contribution in [0.3, 0.4) is 0 Å². The molecule has 1 amide bonds. The largest absolute Gasteiger partial charge is 0.361 e. The number of para-hydroxylation sites is 1. The van der Waals surface area contributed by atoms with Crippen LogP contribution >= 0.6 is 0 Å². The van der Waals surface area contributed by atoms with E-state index in [0.29, 0.717) is 5.92 Å². The minimum atomic E-state index is -0.150. The summed E-state index contributed by atoms with van der Waals surface area (Å²) < 4.78 is 0. The van der Waals surface area contributed by atoms with E-state index in [4.69, 9.17) is 0 Å². The Morgan fingerprint density at radius 3 is 2.37 bits per heavy atom. The molecule has 0 saturated carbocycles. The second-order valence-electron chi connectivity index (χ2n) is 8.03. The molecule has 2 N–H and O–H groups in total. The summed E-state index contributed by atoms with van der Waals surface area (Å²) in [6.45, 7) is 8.49. The Bertz CT molecular complexity index is 892. The van der Waals surface area contributed by atoms with Crippen molar-refractivity contribution in [3.8, 4) is 0 Å². The summed E-state index contributed by atoms with van der Waals surface area (Å²) in [5.74, 6) is 0.574. The van der Waals surface area contributed by atoms with E-state index in [-0.39, 0.29) is 17.9 Å². The van der Waals surface area contributed by atoms with E-state index in [1.807, 2.05) is 25.3 Å². The number of H-pyrrole nitrogens is 1. The highest BCUT2D eigenvalue weighted by molar-refractivity contribution is 5.84. The predicted octanol–water partition coefficient (Wildman–Crippen LogP) is 5.22. The lowest BCUT2D eigenvalue weighted by molar-refractivity contribution is -0.122. The molecule has 142 valence electrons. The molecule has 0 saturated heterocycles. The molecule has 27 heavy (non-hydrogen) atoms. The number of carbonyl (C=O) groups is 1. The zero-order chi connectivity index (χ0) is 19.4. The van der Waals surface area contributed by atoms with Crippen molar-refractivity contribution >= 4 is 16.8 Å². The topological polar surface area (TPSA) is 44.9 Å². The Morgan fingerprint density at radius 1 is 0.963 bits per heavy atom. The van der Waals surface area contributed by atoms with Crippen molar-refractivity contribution in [2.24, 2.45) is 5.92 Å². The van der Waals surface area contributed by atoms with Gasteiger partial charge >= 0.3 is 0 Å². The Kier molecular flexibility index (Phi) is 6.00. The molecule has 3 aromatic rings. The predicted molar refractivity (Wildman–Crippen MR) is 113 cm³/mol. The van der Waals surface area contributed by atoms with Crippen molar-refractivity contribution in [3.05, 3.63) is 71.4 Å². The van der Waals surface area contributed by atoms with E-state index in [1.54, 1.807) is 0 Å². The minimum absolute atomic E-state index is 0.0824. The molecular weight excluding hydrogens is 332 g/mol. The maximum Gasteiger partial charge on any atom is 0.227 e. The quantitative estimate of drug-likeness (QED) is 0.595. The summed E-state index contributed by atoms with van der Waals surface area (Å²) in [6.07, 6.45) is 3.93. The SMILES string of the molecule is CC(C)Cc1ccc([C@@H](C)C(=O)N[C@@H](C)Cc2c[nH]c3ccccc23)cc1. The third-order valence-corrected chi connectivity index (χ3v) is 5.11. The number of amides is 1. The van der Waals surface area contributed by atoms with Crippen LogP contribution in [-0.2, 0) is 17.6 Å². The van der Waals surface area contributed by atoms with E-state index in [2.05, 4.69) is 67.5 Å². The van der Waals surface area contributed by atoms with Crippen LogP contribution in [0.25, 0.3) is 10.9 Å². The molecule has 0 spiro atoms. The first-order chi connectivity index (χ1) is 12.9. The summed E-state index contributed by atoms with van der Waals surface area (Å²) in [4.78, 5) is 16.0. The average Bonchev–Trinajstić information content (AvgIpc) is 3.04. The summed E-state index contributed by atoms with van der Waals surface area (Å²) >= 11 is 0. The monoisotopic (exact) mass is 362 g/mol. The van der Waals surface area contributed by atoms with Crippen molar-refractivity contribution in [2.45, 2.75) is 52.5 Å². The molecule has 1 heterocycles. The van der Waals surface area contributed by atoms with Crippen LogP contribution < -0.4 is 5.32 Å². The van der Waals surface area contributed by atoms with Crippen LogP contribution in [-0.4, -0.2) is 16.9 Å². The molecule has 3 heteroatoms. The van der Waals surface area contributed by atoms with E-state index >= 15 is 0 Å². The molecule has 2 aromatic carbocycles. The van der Waals surface area contributed by atoms with Gasteiger partial charge in [0.15, 0.2) is 0 Å². The molecule has 3 nitrogen and oxygen atoms in total. The first-order valence-electron chi connectivity index (χ1n) is 9.88. The number of rotatable bonds is 7. The molecule has 0 aliphatic carbocycles. The molecule has 0 aliphatic rings. The molecular formula is C24H30N2O. The third kappa shape index (κ3) is 4.79. The minimum Gasteiger partial charge on any atom is -0.361 e. The maximum absolute atomic E-state index is 12.7. The van der Waals surface area contributed by atoms with Crippen LogP contribution in [0.2, 0.25) is 0 Å². The second kappa shape index (κ2) is 8.43. The smallest absolute Gasteiger partial charge is 0.227 e. The lowest BCUT2D eigenvalue weighted by Crippen LogP contribution is -2.36. The fourth-order valence-corrected chi connectivity index (χ4v) is 3.61. The van der Waals surface area contributed by atoms with Crippen molar-refractivity contribution in [2.75, 3.05) is 0 Å². The molecule has 2 atom stereocenters. The number of hydrogen-bond acceptors (Lipinski definition) is 1. The first kappa shape index (κ1) is 19.2. The number of aromatic amines is 1. The van der Waals surface area contributed by atoms with Gasteiger partial charge in [0.1, 0.15) is 0 Å². The number of aromatic nitrogens is 1. The van der Waals surface area contributed by atoms with E-state index < -0.39 is 0 Å². The standard InChI is InChI=1S/C24H30N2O/c1-16(2)13-19-9-11-20(12-10-19)18(4)24(27)26-17(3)14-21-15-25-23-8-6-5-7-22(21)23/h5-12,15-18,25H,13-14H2,1-4H3,(H,26,27)/t17-,18+/m0/s1. The molecule has 0 aliphatic heterocycles. The molecule has 1 aromatic heterocycles. The summed E-state index contributed by atoms with van der Waals surface area (Å²) in [5, 5.41) is 4.40. The van der Waals surface area contributed by atoms with Crippen molar-refractivity contribution in [1.29, 1.82) is 0 Å². The Labute approximate surface area is 162 Å². The van der Waals surface area contributed by atoms with Gasteiger partial charge in [0.25, 0.3) is 0 Å². The van der Waals surface area contributed by atoms with Crippen molar-refractivity contribution < 1.29 is 4.79 Å². The van der Waals surface area contributed by atoms with Gasteiger partial charge < -0.3 is 10.3 Å². The summed E-state index contributed by atoms with van der Waals surface area (Å²) in [7, 11) is 0. The van der Waals surface area contributed by atoms with Gasteiger partial charge in [0.05, 0.1) is 5.92 Å². The number of nitrogens with one attached hydrogen (secondary N) is 2. The van der Waals surface area contributed by atoms with Crippen molar-refractivity contribution in [3.63, 3.8) is 0 Å². The second-order valence-corrected chi connectivity index (χ2v) is 8.03. The molecule has 0 unspecified atom stereocenters. The lowest BCUT2D eigenvalue weighted by atomic mass is 9.96. The highest BCUT2D eigenvalue weighted by atomic mass is 16.1. The van der Waals surface area contributed by atoms with Gasteiger partial charge in [-0.25, -0.2) is 0 Å². The fourth-order valence-electron chi connectivity index (χ4n) is 3.61. The molecule has 3 rings (SSSR count). The van der Waals surface area contributed by atoms with Gasteiger partial charge in [0.2, 0.25) is 5.91 Å². The van der Waals surface area contributed by atoms with E-state index in [0.717, 1.165) is 23.9 Å². The zero-order valence-electron chi connectivity index (χ0n) is 16.8. The highest BCUT2D eigenvalue weighted by Crippen LogP contribution is 2.20. The molecule has 0 fully saturated rings. The van der Waals surface area contributed by atoms with Gasteiger partial charge in [-0.15, -0.1) is 0 Å². The van der Waals surface area contributed by atoms with Crippen LogP contribution in [0.4, 0.5) is 0 Å². The average molecular weight is 363 g/mol.